The average molecular weight is 692 g/mol. The van der Waals surface area contributed by atoms with E-state index in [2.05, 4.69) is 67.8 Å². The van der Waals surface area contributed by atoms with E-state index >= 15 is 0 Å². The molecule has 1 aliphatic heterocycles. The van der Waals surface area contributed by atoms with Crippen molar-refractivity contribution in [1.29, 1.82) is 0 Å². The molecule has 1 amide bonds. The van der Waals surface area contributed by atoms with Crippen LogP contribution in [0.2, 0.25) is 0 Å². The highest BCUT2D eigenvalue weighted by Gasteiger charge is 2.44. The predicted molar refractivity (Wildman–Crippen MR) is 198 cm³/mol. The van der Waals surface area contributed by atoms with Crippen LogP contribution >= 0.6 is 0 Å². The van der Waals surface area contributed by atoms with Crippen molar-refractivity contribution >= 4 is 5.91 Å². The number of hydrogen-bond acceptors (Lipinski definition) is 8. The predicted octanol–water partition coefficient (Wildman–Crippen LogP) is 6.49. The highest BCUT2D eigenvalue weighted by molar-refractivity contribution is 5.76. The standard InChI is InChI=1S/C40H69NO8/c1-3-5-7-9-11-13-14-15-16-17-18-19-20-22-24-26-28-30-36(44)41-33(34(43)29-27-25-23-21-12-10-8-6-4-2)32-48-40-39(47)38(46)37(45)35(31-42)49-40/h5,7,11,13,15-16,18-19,27,29,33-35,37-40,42-43,45-47H,3-4,6,8-10,12,14,17,20-26,28,30-32H2,1-2H3,(H,41,44)/b7-5-,13-11-,16-15-,19-18-,29-27+. The third-order valence-corrected chi connectivity index (χ3v) is 8.60. The molecule has 9 heteroatoms. The Hall–Kier alpha value is -2.11. The molecule has 6 N–H and O–H groups in total. The molecule has 0 aromatic rings. The fourth-order valence-electron chi connectivity index (χ4n) is 5.50. The molecule has 1 heterocycles. The molecule has 0 aromatic heterocycles. The normalized spacial score (nSPS) is 23.1. The number of rotatable bonds is 29. The first-order valence-corrected chi connectivity index (χ1v) is 19.0. The fraction of sp³-hybridized carbons (Fsp3) is 0.725. The van der Waals surface area contributed by atoms with Crippen LogP contribution in [-0.4, -0.2) is 87.5 Å². The van der Waals surface area contributed by atoms with Crippen LogP contribution in [-0.2, 0) is 14.3 Å². The van der Waals surface area contributed by atoms with Crippen LogP contribution in [0.1, 0.15) is 129 Å². The molecular weight excluding hydrogens is 622 g/mol. The number of aliphatic hydroxyl groups excluding tert-OH is 5. The summed E-state index contributed by atoms with van der Waals surface area (Å²) in [5.74, 6) is -0.208. The SMILES string of the molecule is CC/C=C\C/C=C\C/C=C\C/C=C\CCCCCCC(=O)NC(COC1OC(CO)C(O)C(O)C1O)C(O)/C=C/CCCCCCCCC. The van der Waals surface area contributed by atoms with Gasteiger partial charge < -0.3 is 40.3 Å². The number of unbranched alkanes of at least 4 members (excludes halogenated alkanes) is 11. The van der Waals surface area contributed by atoms with Crippen molar-refractivity contribution in [1.82, 2.24) is 5.32 Å². The summed E-state index contributed by atoms with van der Waals surface area (Å²) in [6.45, 7) is 3.57. The second-order valence-electron chi connectivity index (χ2n) is 13.0. The number of carbonyl (C=O) groups excluding carboxylic acids is 1. The summed E-state index contributed by atoms with van der Waals surface area (Å²) in [7, 11) is 0. The van der Waals surface area contributed by atoms with E-state index in [0.717, 1.165) is 77.0 Å². The monoisotopic (exact) mass is 692 g/mol. The Kier molecular flexibility index (Phi) is 28.1. The average Bonchev–Trinajstić information content (AvgIpc) is 3.10. The van der Waals surface area contributed by atoms with Crippen LogP contribution in [0, 0.1) is 0 Å². The molecule has 282 valence electrons. The minimum atomic E-state index is -1.57. The van der Waals surface area contributed by atoms with Gasteiger partial charge in [0.2, 0.25) is 5.91 Å². The van der Waals surface area contributed by atoms with Gasteiger partial charge in [-0.05, 0) is 57.8 Å². The van der Waals surface area contributed by atoms with E-state index in [1.165, 1.54) is 32.1 Å². The number of nitrogens with one attached hydrogen (secondary N) is 1. The van der Waals surface area contributed by atoms with Crippen LogP contribution in [0.15, 0.2) is 60.8 Å². The largest absolute Gasteiger partial charge is 0.394 e. The molecule has 0 bridgehead atoms. The molecular formula is C40H69NO8. The van der Waals surface area contributed by atoms with Gasteiger partial charge in [-0.25, -0.2) is 0 Å². The Bertz CT molecular complexity index is 947. The zero-order chi connectivity index (χ0) is 36.0. The van der Waals surface area contributed by atoms with Gasteiger partial charge in [0.05, 0.1) is 25.4 Å². The zero-order valence-corrected chi connectivity index (χ0v) is 30.4. The van der Waals surface area contributed by atoms with Gasteiger partial charge in [0.1, 0.15) is 24.4 Å². The van der Waals surface area contributed by atoms with Gasteiger partial charge in [0.15, 0.2) is 6.29 Å². The summed E-state index contributed by atoms with van der Waals surface area (Å²) in [5, 5.41) is 53.8. The molecule has 49 heavy (non-hydrogen) atoms. The van der Waals surface area contributed by atoms with Crippen LogP contribution in [0.3, 0.4) is 0 Å². The van der Waals surface area contributed by atoms with Crippen molar-refractivity contribution in [2.45, 2.75) is 172 Å². The summed E-state index contributed by atoms with van der Waals surface area (Å²) in [5.41, 5.74) is 0. The molecule has 1 rings (SSSR count). The van der Waals surface area contributed by atoms with E-state index in [1.807, 2.05) is 6.08 Å². The van der Waals surface area contributed by atoms with E-state index in [1.54, 1.807) is 6.08 Å². The number of carbonyl (C=O) groups is 1. The molecule has 0 saturated carbocycles. The Balaban J connectivity index is 2.45. The second kappa shape index (κ2) is 30.7. The third-order valence-electron chi connectivity index (χ3n) is 8.60. The van der Waals surface area contributed by atoms with Crippen molar-refractivity contribution in [2.75, 3.05) is 13.2 Å². The second-order valence-corrected chi connectivity index (χ2v) is 13.0. The van der Waals surface area contributed by atoms with E-state index in [0.29, 0.717) is 6.42 Å². The van der Waals surface area contributed by atoms with Gasteiger partial charge in [0, 0.05) is 6.42 Å². The highest BCUT2D eigenvalue weighted by atomic mass is 16.7. The molecule has 1 fully saturated rings. The first-order chi connectivity index (χ1) is 23.8. The quantitative estimate of drug-likeness (QED) is 0.0385. The first kappa shape index (κ1) is 44.9. The van der Waals surface area contributed by atoms with Crippen molar-refractivity contribution < 1.29 is 39.8 Å². The van der Waals surface area contributed by atoms with Gasteiger partial charge in [-0.1, -0.05) is 126 Å². The summed E-state index contributed by atoms with van der Waals surface area (Å²) in [4.78, 5) is 12.8. The maximum Gasteiger partial charge on any atom is 0.220 e. The van der Waals surface area contributed by atoms with Gasteiger partial charge in [-0.2, -0.15) is 0 Å². The molecule has 1 aliphatic rings. The van der Waals surface area contributed by atoms with E-state index in [-0.39, 0.29) is 12.5 Å². The maximum atomic E-state index is 12.8. The zero-order valence-electron chi connectivity index (χ0n) is 30.4. The number of aliphatic hydroxyl groups is 5. The van der Waals surface area contributed by atoms with Crippen LogP contribution in [0.5, 0.6) is 0 Å². The summed E-state index contributed by atoms with van der Waals surface area (Å²) in [6, 6.07) is -0.816. The van der Waals surface area contributed by atoms with Crippen molar-refractivity contribution in [3.63, 3.8) is 0 Å². The van der Waals surface area contributed by atoms with Gasteiger partial charge in [-0.15, -0.1) is 0 Å². The third kappa shape index (κ3) is 22.4. The van der Waals surface area contributed by atoms with Gasteiger partial charge in [-0.3, -0.25) is 4.79 Å². The van der Waals surface area contributed by atoms with Crippen molar-refractivity contribution in [2.24, 2.45) is 0 Å². The minimum absolute atomic E-state index is 0.202. The minimum Gasteiger partial charge on any atom is -0.394 e. The Morgan fingerprint density at radius 3 is 1.88 bits per heavy atom. The molecule has 9 nitrogen and oxygen atoms in total. The molecule has 7 unspecified atom stereocenters. The number of hydrogen-bond donors (Lipinski definition) is 6. The van der Waals surface area contributed by atoms with E-state index in [9.17, 15) is 30.3 Å². The van der Waals surface area contributed by atoms with Gasteiger partial charge >= 0.3 is 0 Å². The number of ether oxygens (including phenoxy) is 2. The molecule has 1 saturated heterocycles. The number of amides is 1. The van der Waals surface area contributed by atoms with Crippen LogP contribution < -0.4 is 5.32 Å². The highest BCUT2D eigenvalue weighted by Crippen LogP contribution is 2.22. The molecule has 0 spiro atoms. The maximum absolute atomic E-state index is 12.8. The summed E-state index contributed by atoms with van der Waals surface area (Å²) >= 11 is 0. The topological polar surface area (TPSA) is 149 Å². The van der Waals surface area contributed by atoms with E-state index in [4.69, 9.17) is 9.47 Å². The van der Waals surface area contributed by atoms with E-state index < -0.39 is 49.5 Å². The first-order valence-electron chi connectivity index (χ1n) is 19.0. The summed E-state index contributed by atoms with van der Waals surface area (Å²) in [6.07, 6.45) is 31.2. The fourth-order valence-corrected chi connectivity index (χ4v) is 5.50. The van der Waals surface area contributed by atoms with Crippen LogP contribution in [0.4, 0.5) is 0 Å². The number of allylic oxidation sites excluding steroid dienone is 9. The summed E-state index contributed by atoms with van der Waals surface area (Å²) < 4.78 is 11.1. The Morgan fingerprint density at radius 1 is 0.714 bits per heavy atom. The lowest BCUT2D eigenvalue weighted by Crippen LogP contribution is -2.60. The lowest BCUT2D eigenvalue weighted by atomic mass is 9.99. The molecule has 0 radical (unpaired) electrons. The Morgan fingerprint density at radius 2 is 1.27 bits per heavy atom. The van der Waals surface area contributed by atoms with Crippen molar-refractivity contribution in [3.8, 4) is 0 Å². The molecule has 0 aromatic carbocycles. The lowest BCUT2D eigenvalue weighted by Gasteiger charge is -2.40. The lowest BCUT2D eigenvalue weighted by molar-refractivity contribution is -0.302. The van der Waals surface area contributed by atoms with Crippen LogP contribution in [0.25, 0.3) is 0 Å². The molecule has 0 aliphatic carbocycles. The Labute approximate surface area is 296 Å². The van der Waals surface area contributed by atoms with Gasteiger partial charge in [0.25, 0.3) is 0 Å². The molecule has 7 atom stereocenters. The smallest absolute Gasteiger partial charge is 0.220 e. The van der Waals surface area contributed by atoms with Crippen molar-refractivity contribution in [3.05, 3.63) is 60.8 Å².